The van der Waals surface area contributed by atoms with E-state index >= 15 is 0 Å². The zero-order valence-electron chi connectivity index (χ0n) is 64.0. The molecule has 122 heavy (non-hydrogen) atoms. The lowest BCUT2D eigenvalue weighted by Gasteiger charge is -2.26. The van der Waals surface area contributed by atoms with Crippen molar-refractivity contribution in [3.63, 3.8) is 0 Å². The fourth-order valence-corrected chi connectivity index (χ4v) is 22.1. The van der Waals surface area contributed by atoms with Crippen molar-refractivity contribution in [2.24, 2.45) is 0 Å². The molecule has 0 radical (unpaired) electrons. The van der Waals surface area contributed by atoms with Crippen molar-refractivity contribution in [2.75, 3.05) is 15.5 Å². The molecule has 0 aliphatic rings. The van der Waals surface area contributed by atoms with Gasteiger partial charge in [-0.25, -0.2) is 15.0 Å². The predicted molar refractivity (Wildman–Crippen MR) is 532 cm³/mol. The van der Waals surface area contributed by atoms with E-state index in [0.717, 1.165) is 103 Å². The molecule has 0 saturated carbocycles. The van der Waals surface area contributed by atoms with E-state index in [1.54, 1.807) is 0 Å². The Labute approximate surface area is 741 Å². The number of fused-ring (bicyclic) bond motifs is 18. The third-order valence-corrected chi connectivity index (χ3v) is 28.0. The standard InChI is InChI=1S/C64H38N4O2S2.C18H8Br2S2.C13H8BrNO.C10H9N.CH4/c1-3-11-43-33-47(27-17-39(43)9-1)67(45-23-19-41(20-24-45)63-65-55-13-5-7-15-57(55)69-63)49-29-31-51-53-37-62-54(38-61(53)71-59(51)35-49)52-32-30-50(36-60(52)72-62)68(48-28-18-40-10-2-4-12-44(40)34-48)46-25-21-42(22-26-46)64-66-56-14-6-8-16-58(56)70-64;19-9-1-3-11-13-7-18-14(8-17(13)21-15(11)5-9)12-4-2-10(20)6-16(12)22-18;14-10-7-5-9(6-8-10)13-15-11-3-1-2-4-12(11)16-13;11-10-6-5-8-3-1-2-4-9(8)7-10;/h1-38H;1-8H;1-8H;1-7H,11H2;1H4. The molecule has 0 aliphatic heterocycles. The fraction of sp³-hybridized carbons (Fsp3) is 0.00943. The summed E-state index contributed by atoms with van der Waals surface area (Å²) in [7, 11) is 0. The number of nitrogen functional groups attached to an aromatic ring is 1. The highest BCUT2D eigenvalue weighted by molar-refractivity contribution is 9.11. The van der Waals surface area contributed by atoms with Gasteiger partial charge in [0.1, 0.15) is 16.6 Å². The van der Waals surface area contributed by atoms with Crippen LogP contribution in [0, 0.1) is 0 Å². The Kier molecular flexibility index (Phi) is 20.1. The van der Waals surface area contributed by atoms with E-state index in [0.29, 0.717) is 17.7 Å². The second-order valence-electron chi connectivity index (χ2n) is 29.6. The van der Waals surface area contributed by atoms with Crippen LogP contribution in [0.1, 0.15) is 7.43 Å². The van der Waals surface area contributed by atoms with Gasteiger partial charge in [0.05, 0.1) is 0 Å². The van der Waals surface area contributed by atoms with Crippen molar-refractivity contribution in [1.29, 1.82) is 0 Å². The highest BCUT2D eigenvalue weighted by Gasteiger charge is 2.22. The zero-order chi connectivity index (χ0) is 80.8. The van der Waals surface area contributed by atoms with E-state index in [2.05, 4.69) is 305 Å². The van der Waals surface area contributed by atoms with Gasteiger partial charge in [-0.15, -0.1) is 45.3 Å². The lowest BCUT2D eigenvalue weighted by molar-refractivity contribution is 0.619. The summed E-state index contributed by atoms with van der Waals surface area (Å²) in [6.07, 6.45) is 0. The Morgan fingerprint density at radius 1 is 0.230 bits per heavy atom. The summed E-state index contributed by atoms with van der Waals surface area (Å²) in [6, 6.07) is 130. The Bertz CT molecular complexity index is 7850. The SMILES string of the molecule is Brc1ccc(-c2nc3ccccc3o2)cc1.Brc1ccc2c(c1)sc1cc3c(cc12)sc1cc(Br)ccc13.C.Nc1ccc2ccccc2c1.c1ccc2cc(N(c3ccc(-c4nc5ccccc5o4)cc3)c3ccc4c(c3)sc3cc5c(cc34)sc3cc(N(c4ccc(-c6nc7ccccc7o6)cc4)c4ccc6ccccc6c4)ccc35)ccc2c1. The summed E-state index contributed by atoms with van der Waals surface area (Å²) in [5.74, 6) is 1.89. The number of benzene rings is 18. The van der Waals surface area contributed by atoms with Gasteiger partial charge in [-0.2, -0.15) is 0 Å². The van der Waals surface area contributed by atoms with Crippen LogP contribution >= 0.6 is 93.1 Å². The van der Waals surface area contributed by atoms with E-state index in [4.69, 9.17) is 29.0 Å². The summed E-state index contributed by atoms with van der Waals surface area (Å²) >= 11 is 18.0. The molecule has 16 heteroatoms. The molecule has 0 unspecified atom stereocenters. The number of anilines is 7. The zero-order valence-corrected chi connectivity index (χ0v) is 72.0. The lowest BCUT2D eigenvalue weighted by Crippen LogP contribution is -2.09. The maximum Gasteiger partial charge on any atom is 0.227 e. The molecule has 0 spiro atoms. The summed E-state index contributed by atoms with van der Waals surface area (Å²) in [5.41, 5.74) is 20.7. The largest absolute Gasteiger partial charge is 0.436 e. The summed E-state index contributed by atoms with van der Waals surface area (Å²) < 4.78 is 31.7. The molecule has 9 nitrogen and oxygen atoms in total. The van der Waals surface area contributed by atoms with Crippen LogP contribution in [0.25, 0.3) is 181 Å². The van der Waals surface area contributed by atoms with Crippen LogP contribution in [0.3, 0.4) is 0 Å². The summed E-state index contributed by atoms with van der Waals surface area (Å²) in [5, 5.41) is 17.7. The molecule has 0 atom stereocenters. The first-order valence-corrected chi connectivity index (χ1v) is 44.9. The molecule has 584 valence electrons. The topological polar surface area (TPSA) is 111 Å². The van der Waals surface area contributed by atoms with Gasteiger partial charge >= 0.3 is 0 Å². The van der Waals surface area contributed by atoms with E-state index < -0.39 is 0 Å². The van der Waals surface area contributed by atoms with Crippen LogP contribution in [-0.4, -0.2) is 15.0 Å². The maximum absolute atomic E-state index is 6.15. The number of para-hydroxylation sites is 6. The number of hydrogen-bond acceptors (Lipinski definition) is 13. The Morgan fingerprint density at radius 3 is 0.869 bits per heavy atom. The van der Waals surface area contributed by atoms with Gasteiger partial charge in [-0.05, 0) is 251 Å². The van der Waals surface area contributed by atoms with Crippen molar-refractivity contribution in [1.82, 2.24) is 15.0 Å². The molecule has 7 heterocycles. The lowest BCUT2D eigenvalue weighted by atomic mass is 10.1. The monoisotopic (exact) mass is 1840 g/mol. The first-order chi connectivity index (χ1) is 59.5. The minimum atomic E-state index is 0. The van der Waals surface area contributed by atoms with Gasteiger partial charge in [0.2, 0.25) is 17.7 Å². The van der Waals surface area contributed by atoms with Gasteiger partial charge in [-0.3, -0.25) is 0 Å². The predicted octanol–water partition coefficient (Wildman–Crippen LogP) is 34.5. The van der Waals surface area contributed by atoms with Crippen LogP contribution in [0.2, 0.25) is 0 Å². The Balaban J connectivity index is 0.000000146. The van der Waals surface area contributed by atoms with Crippen LogP contribution in [0.15, 0.2) is 397 Å². The van der Waals surface area contributed by atoms with Crippen molar-refractivity contribution >= 4 is 279 Å². The first-order valence-electron chi connectivity index (χ1n) is 39.3. The number of hydrogen-bond donors (Lipinski definition) is 1. The second kappa shape index (κ2) is 32.1. The molecule has 25 rings (SSSR count). The molecule has 0 fully saturated rings. The third-order valence-electron chi connectivity index (χ3n) is 22.0. The molecular formula is C106H67Br3N6O3S4. The van der Waals surface area contributed by atoms with Crippen LogP contribution in [0.4, 0.5) is 39.8 Å². The quantitative estimate of drug-likeness (QED) is 0.141. The molecule has 0 aliphatic carbocycles. The van der Waals surface area contributed by atoms with E-state index in [9.17, 15) is 0 Å². The fourth-order valence-electron chi connectivity index (χ4n) is 16.1. The normalized spacial score (nSPS) is 11.5. The smallest absolute Gasteiger partial charge is 0.227 e. The number of halogens is 3. The molecule has 2 N–H and O–H groups in total. The number of oxazole rings is 3. The summed E-state index contributed by atoms with van der Waals surface area (Å²) in [4.78, 5) is 18.7. The van der Waals surface area contributed by atoms with Crippen LogP contribution in [-0.2, 0) is 0 Å². The number of thiophene rings is 4. The Morgan fingerprint density at radius 2 is 0.500 bits per heavy atom. The third kappa shape index (κ3) is 14.7. The van der Waals surface area contributed by atoms with Gasteiger partial charge in [0, 0.05) is 151 Å². The molecule has 25 aromatic rings. The first kappa shape index (κ1) is 76.3. The van der Waals surface area contributed by atoms with E-state index in [1.807, 2.05) is 173 Å². The second-order valence-corrected chi connectivity index (χ2v) is 36.7. The van der Waals surface area contributed by atoms with Crippen LogP contribution < -0.4 is 15.5 Å². The molecular weight excluding hydrogens is 1770 g/mol. The number of nitrogens with two attached hydrogens (primary N) is 1. The van der Waals surface area contributed by atoms with Crippen LogP contribution in [0.5, 0.6) is 0 Å². The average Bonchev–Trinajstić information content (AvgIpc) is 1.58. The van der Waals surface area contributed by atoms with E-state index in [1.165, 1.54) is 113 Å². The van der Waals surface area contributed by atoms with Crippen molar-refractivity contribution in [3.05, 3.63) is 383 Å². The average molecular weight is 1840 g/mol. The van der Waals surface area contributed by atoms with Gasteiger partial charge in [-0.1, -0.05) is 207 Å². The minimum absolute atomic E-state index is 0. The minimum Gasteiger partial charge on any atom is -0.436 e. The molecule has 7 aromatic heterocycles. The van der Waals surface area contributed by atoms with Gasteiger partial charge in [0.25, 0.3) is 0 Å². The molecule has 0 bridgehead atoms. The van der Waals surface area contributed by atoms with E-state index in [-0.39, 0.29) is 7.43 Å². The maximum atomic E-state index is 6.15. The van der Waals surface area contributed by atoms with Crippen molar-refractivity contribution in [3.8, 4) is 34.4 Å². The highest BCUT2D eigenvalue weighted by atomic mass is 79.9. The molecule has 0 saturated heterocycles. The molecule has 18 aromatic carbocycles. The number of nitrogens with zero attached hydrogens (tertiary/aromatic N) is 5. The highest BCUT2D eigenvalue weighted by Crippen LogP contribution is 2.49. The van der Waals surface area contributed by atoms with Gasteiger partial charge in [0.15, 0.2) is 16.7 Å². The Hall–Kier alpha value is -13.1. The molecule has 0 amide bonds. The van der Waals surface area contributed by atoms with Gasteiger partial charge < -0.3 is 28.8 Å². The number of rotatable bonds is 9. The summed E-state index contributed by atoms with van der Waals surface area (Å²) in [6.45, 7) is 0. The van der Waals surface area contributed by atoms with Crippen molar-refractivity contribution < 1.29 is 13.3 Å². The van der Waals surface area contributed by atoms with Crippen molar-refractivity contribution in [2.45, 2.75) is 7.43 Å². The number of aromatic nitrogens is 3.